The maximum atomic E-state index is 10.4. The van der Waals surface area contributed by atoms with Crippen molar-refractivity contribution in [1.29, 1.82) is 0 Å². The van der Waals surface area contributed by atoms with Crippen molar-refractivity contribution in [3.05, 3.63) is 11.6 Å². The fourth-order valence-corrected chi connectivity index (χ4v) is 2.09. The Balaban J connectivity index is 0.00000289. The van der Waals surface area contributed by atoms with Gasteiger partial charge in [-0.1, -0.05) is 30.9 Å². The summed E-state index contributed by atoms with van der Waals surface area (Å²) in [5.41, 5.74) is 3.95. The molecule has 0 atom stereocenters. The van der Waals surface area contributed by atoms with Crippen molar-refractivity contribution in [2.24, 2.45) is 11.0 Å². The van der Waals surface area contributed by atoms with E-state index in [2.05, 4.69) is 16.6 Å². The van der Waals surface area contributed by atoms with Gasteiger partial charge in [0.15, 0.2) is 0 Å². The van der Waals surface area contributed by atoms with Crippen LogP contribution in [0.25, 0.3) is 0 Å². The molecule has 0 aromatic heterocycles. The fourth-order valence-electron chi connectivity index (χ4n) is 2.09. The predicted molar refractivity (Wildman–Crippen MR) is 66.5 cm³/mol. The minimum absolute atomic E-state index is 0. The Morgan fingerprint density at radius 3 is 2.50 bits per heavy atom. The molecular weight excluding hydrogens is 239 g/mol. The third-order valence-corrected chi connectivity index (χ3v) is 3.07. The summed E-state index contributed by atoms with van der Waals surface area (Å²) in [6.07, 6.45) is 8.85. The Morgan fingerprint density at radius 1 is 1.33 bits per heavy atom. The van der Waals surface area contributed by atoms with E-state index >= 15 is 0 Å². The van der Waals surface area contributed by atoms with E-state index in [4.69, 9.17) is 0 Å². The van der Waals surface area contributed by atoms with Crippen molar-refractivity contribution in [3.8, 4) is 0 Å². The van der Waals surface area contributed by atoms with E-state index in [1.165, 1.54) is 44.6 Å². The maximum Gasteiger partial charge on any atom is 1.00 e. The molecule has 0 saturated heterocycles. The number of hydrogen-bond acceptors (Lipinski definition) is 4. The van der Waals surface area contributed by atoms with Gasteiger partial charge in [-0.2, -0.15) is 5.10 Å². The summed E-state index contributed by atoms with van der Waals surface area (Å²) < 4.78 is 0. The van der Waals surface area contributed by atoms with Gasteiger partial charge in [-0.3, -0.25) is 0 Å². The number of carbonyl (C=O) groups is 1. The van der Waals surface area contributed by atoms with Gasteiger partial charge >= 0.3 is 29.6 Å². The third kappa shape index (κ3) is 7.19. The molecule has 1 rings (SSSR count). The minimum Gasteiger partial charge on any atom is -0.543 e. The molecule has 0 aromatic carbocycles. The van der Waals surface area contributed by atoms with Crippen LogP contribution in [0.5, 0.6) is 0 Å². The second kappa shape index (κ2) is 9.59. The van der Waals surface area contributed by atoms with Crippen molar-refractivity contribution in [3.63, 3.8) is 0 Å². The standard InChI is InChI=1S/C13H22N2O2.Na/c1-10(8-12-6-4-3-5-7-12)9-14-15-11(2)13(16)17;/h8,12,14H,3-7,9H2,1-2H3,(H,16,17);/q;+1/p-1/b10-8+,15-11-;. The van der Waals surface area contributed by atoms with Gasteiger partial charge in [0.25, 0.3) is 0 Å². The van der Waals surface area contributed by atoms with E-state index in [1.54, 1.807) is 0 Å². The number of carboxylic acids is 1. The number of rotatable bonds is 5. The van der Waals surface area contributed by atoms with Crippen LogP contribution < -0.4 is 40.1 Å². The molecule has 0 unspecified atom stereocenters. The molecule has 0 amide bonds. The minimum atomic E-state index is -1.23. The van der Waals surface area contributed by atoms with Crippen LogP contribution >= 0.6 is 0 Å². The number of nitrogens with zero attached hydrogens (tertiary/aromatic N) is 1. The normalized spacial score (nSPS) is 18.1. The number of carbonyl (C=O) groups excluding carboxylic acids is 1. The number of nitrogens with one attached hydrogen (secondary N) is 1. The molecule has 4 nitrogen and oxygen atoms in total. The van der Waals surface area contributed by atoms with Gasteiger partial charge in [0.05, 0.1) is 18.2 Å². The van der Waals surface area contributed by atoms with Crippen molar-refractivity contribution in [2.75, 3.05) is 6.54 Å². The average Bonchev–Trinajstić information content (AvgIpc) is 2.30. The molecule has 0 aromatic rings. The molecule has 0 heterocycles. The van der Waals surface area contributed by atoms with Crippen LogP contribution in [0.3, 0.4) is 0 Å². The van der Waals surface area contributed by atoms with Crippen LogP contribution in [-0.2, 0) is 4.79 Å². The second-order valence-corrected chi connectivity index (χ2v) is 4.73. The summed E-state index contributed by atoms with van der Waals surface area (Å²) in [5, 5.41) is 14.1. The number of hydrazone groups is 1. The Bertz CT molecular complexity index is 321. The molecule has 1 saturated carbocycles. The largest absolute Gasteiger partial charge is 1.00 e. The van der Waals surface area contributed by atoms with Crippen molar-refractivity contribution in [1.82, 2.24) is 5.43 Å². The van der Waals surface area contributed by atoms with E-state index in [-0.39, 0.29) is 35.3 Å². The van der Waals surface area contributed by atoms with Gasteiger partial charge in [0.2, 0.25) is 0 Å². The predicted octanol–water partition coefficient (Wildman–Crippen LogP) is -1.77. The van der Waals surface area contributed by atoms with Crippen molar-refractivity contribution >= 4 is 11.7 Å². The summed E-state index contributed by atoms with van der Waals surface area (Å²) in [4.78, 5) is 10.4. The van der Waals surface area contributed by atoms with Crippen molar-refractivity contribution < 1.29 is 39.5 Å². The van der Waals surface area contributed by atoms with E-state index < -0.39 is 5.97 Å². The Labute approximate surface area is 131 Å². The van der Waals surface area contributed by atoms with Crippen LogP contribution in [0.15, 0.2) is 16.8 Å². The number of aliphatic carboxylic acids is 1. The van der Waals surface area contributed by atoms with Crippen LogP contribution in [0.2, 0.25) is 0 Å². The van der Waals surface area contributed by atoms with Crippen LogP contribution in [0.1, 0.15) is 46.0 Å². The number of allylic oxidation sites excluding steroid dienone is 1. The molecule has 0 radical (unpaired) electrons. The second-order valence-electron chi connectivity index (χ2n) is 4.73. The number of hydrogen-bond donors (Lipinski definition) is 1. The first-order chi connectivity index (χ1) is 8.09. The van der Waals surface area contributed by atoms with E-state index in [9.17, 15) is 9.90 Å². The van der Waals surface area contributed by atoms with Gasteiger partial charge in [0.1, 0.15) is 0 Å². The summed E-state index contributed by atoms with van der Waals surface area (Å²) in [6, 6.07) is 0. The summed E-state index contributed by atoms with van der Waals surface area (Å²) in [7, 11) is 0. The van der Waals surface area contributed by atoms with Gasteiger partial charge in [-0.05, 0) is 32.6 Å². The summed E-state index contributed by atoms with van der Waals surface area (Å²) in [5.74, 6) is -0.539. The zero-order valence-corrected chi connectivity index (χ0v) is 13.7. The van der Waals surface area contributed by atoms with Gasteiger partial charge in [-0.25, -0.2) is 0 Å². The summed E-state index contributed by atoms with van der Waals surface area (Å²) >= 11 is 0. The van der Waals surface area contributed by atoms with Crippen molar-refractivity contribution in [2.45, 2.75) is 46.0 Å². The molecule has 1 aliphatic rings. The van der Waals surface area contributed by atoms with Gasteiger partial charge in [0, 0.05) is 0 Å². The topological polar surface area (TPSA) is 64.5 Å². The molecule has 0 spiro atoms. The van der Waals surface area contributed by atoms with E-state index in [0.29, 0.717) is 12.5 Å². The molecule has 18 heavy (non-hydrogen) atoms. The number of carboxylic acid groups (broad SMARTS) is 1. The molecule has 1 fully saturated rings. The molecule has 96 valence electrons. The average molecular weight is 260 g/mol. The van der Waals surface area contributed by atoms with Crippen LogP contribution in [0, 0.1) is 5.92 Å². The van der Waals surface area contributed by atoms with E-state index in [0.717, 1.165) is 0 Å². The van der Waals surface area contributed by atoms with Crippen LogP contribution in [0.4, 0.5) is 0 Å². The SMILES string of the molecule is C/C(=N/NC/C(C)=C/C1CCCCC1)C(=O)[O-].[Na+]. The molecule has 0 aliphatic heterocycles. The van der Waals surface area contributed by atoms with E-state index in [1.807, 2.05) is 6.92 Å². The Kier molecular flexibility index (Phi) is 9.42. The van der Waals surface area contributed by atoms with Crippen LogP contribution in [-0.4, -0.2) is 18.2 Å². The maximum absolute atomic E-state index is 10.4. The fraction of sp³-hybridized carbons (Fsp3) is 0.692. The Morgan fingerprint density at radius 2 is 1.94 bits per heavy atom. The van der Waals surface area contributed by atoms with Gasteiger partial charge in [-0.15, -0.1) is 0 Å². The Hall–Kier alpha value is -0.320. The summed E-state index contributed by atoms with van der Waals surface area (Å²) in [6.45, 7) is 4.06. The first kappa shape index (κ1) is 17.7. The third-order valence-electron chi connectivity index (χ3n) is 3.07. The first-order valence-electron chi connectivity index (χ1n) is 6.25. The molecule has 1 N–H and O–H groups in total. The first-order valence-corrected chi connectivity index (χ1v) is 6.25. The smallest absolute Gasteiger partial charge is 0.543 e. The zero-order chi connectivity index (χ0) is 12.7. The quantitative estimate of drug-likeness (QED) is 0.275. The monoisotopic (exact) mass is 260 g/mol. The molecule has 5 heteroatoms. The van der Waals surface area contributed by atoms with Gasteiger partial charge < -0.3 is 15.3 Å². The molecular formula is C13H21N2NaO2. The zero-order valence-electron chi connectivity index (χ0n) is 11.7. The molecule has 0 bridgehead atoms. The molecule has 1 aliphatic carbocycles.